The van der Waals surface area contributed by atoms with E-state index in [0.717, 1.165) is 25.7 Å². The van der Waals surface area contributed by atoms with Gasteiger partial charge in [0.05, 0.1) is 10.5 Å². The molecule has 1 aromatic heterocycles. The lowest BCUT2D eigenvalue weighted by atomic mass is 9.95. The van der Waals surface area contributed by atoms with E-state index in [0.29, 0.717) is 5.69 Å². The Morgan fingerprint density at radius 2 is 1.77 bits per heavy atom. The molecule has 0 aliphatic heterocycles. The maximum atomic E-state index is 11.6. The summed E-state index contributed by atoms with van der Waals surface area (Å²) in [7, 11) is 0. The number of nitrogens with one attached hydrogen (secondary N) is 2. The number of nitrogens with zero attached hydrogens (tertiary/aromatic N) is 3. The van der Waals surface area contributed by atoms with Crippen molar-refractivity contribution in [2.24, 2.45) is 0 Å². The molecule has 9 nitrogen and oxygen atoms in total. The number of carboxylic acids is 1. The van der Waals surface area contributed by atoms with Crippen LogP contribution in [0.2, 0.25) is 0 Å². The van der Waals surface area contributed by atoms with E-state index < -0.39 is 10.9 Å². The first kappa shape index (κ1) is 17.6. The second-order valence-corrected chi connectivity index (χ2v) is 6.16. The van der Waals surface area contributed by atoms with Gasteiger partial charge in [0.1, 0.15) is 6.33 Å². The molecule has 1 heterocycles. The van der Waals surface area contributed by atoms with Gasteiger partial charge in [0.25, 0.3) is 0 Å². The minimum absolute atomic E-state index is 0.0615. The number of anilines is 3. The van der Waals surface area contributed by atoms with Gasteiger partial charge >= 0.3 is 11.7 Å². The van der Waals surface area contributed by atoms with Gasteiger partial charge < -0.3 is 15.7 Å². The number of nitro groups is 1. The van der Waals surface area contributed by atoms with Crippen LogP contribution in [0.15, 0.2) is 30.6 Å². The molecule has 0 amide bonds. The monoisotopic (exact) mass is 357 g/mol. The van der Waals surface area contributed by atoms with E-state index in [1.165, 1.54) is 37.0 Å². The number of carbonyl (C=O) groups is 1. The van der Waals surface area contributed by atoms with Crippen LogP contribution >= 0.6 is 0 Å². The Hall–Kier alpha value is -3.23. The van der Waals surface area contributed by atoms with Crippen molar-refractivity contribution >= 4 is 29.0 Å². The summed E-state index contributed by atoms with van der Waals surface area (Å²) in [4.78, 5) is 30.0. The molecule has 0 bridgehead atoms. The summed E-state index contributed by atoms with van der Waals surface area (Å²) in [5, 5.41) is 26.6. The van der Waals surface area contributed by atoms with Crippen molar-refractivity contribution < 1.29 is 14.8 Å². The van der Waals surface area contributed by atoms with Crippen molar-refractivity contribution in [2.45, 2.75) is 38.1 Å². The van der Waals surface area contributed by atoms with E-state index in [1.807, 2.05) is 0 Å². The van der Waals surface area contributed by atoms with Crippen molar-refractivity contribution in [1.82, 2.24) is 9.97 Å². The molecule has 3 N–H and O–H groups in total. The first-order chi connectivity index (χ1) is 12.5. The molecule has 1 aliphatic carbocycles. The van der Waals surface area contributed by atoms with Crippen LogP contribution in [0.25, 0.3) is 0 Å². The summed E-state index contributed by atoms with van der Waals surface area (Å²) < 4.78 is 0. The lowest BCUT2D eigenvalue weighted by molar-refractivity contribution is -0.383. The van der Waals surface area contributed by atoms with E-state index >= 15 is 0 Å². The normalized spacial score (nSPS) is 14.6. The van der Waals surface area contributed by atoms with E-state index in [1.54, 1.807) is 0 Å². The number of benzene rings is 1. The smallest absolute Gasteiger partial charge is 0.353 e. The maximum Gasteiger partial charge on any atom is 0.353 e. The third-order valence-electron chi connectivity index (χ3n) is 4.35. The molecule has 2 aromatic rings. The molecule has 3 rings (SSSR count). The highest BCUT2D eigenvalue weighted by atomic mass is 16.6. The second-order valence-electron chi connectivity index (χ2n) is 6.16. The highest BCUT2D eigenvalue weighted by Gasteiger charge is 2.25. The van der Waals surface area contributed by atoms with Gasteiger partial charge in [-0.05, 0) is 37.1 Å². The van der Waals surface area contributed by atoms with Crippen LogP contribution in [-0.2, 0) is 0 Å². The predicted molar refractivity (Wildman–Crippen MR) is 95.9 cm³/mol. The largest absolute Gasteiger partial charge is 0.478 e. The molecular weight excluding hydrogens is 338 g/mol. The van der Waals surface area contributed by atoms with Crippen molar-refractivity contribution in [3.8, 4) is 0 Å². The van der Waals surface area contributed by atoms with Gasteiger partial charge in [0, 0.05) is 11.7 Å². The Morgan fingerprint density at radius 3 is 2.38 bits per heavy atom. The molecule has 0 unspecified atom stereocenters. The molecular formula is C17H19N5O4. The Kier molecular flexibility index (Phi) is 5.26. The quantitative estimate of drug-likeness (QED) is 0.528. The molecule has 1 aliphatic rings. The number of carboxylic acid groups (broad SMARTS) is 1. The average Bonchev–Trinajstić information content (AvgIpc) is 2.63. The molecule has 0 saturated heterocycles. The van der Waals surface area contributed by atoms with E-state index in [4.69, 9.17) is 5.11 Å². The van der Waals surface area contributed by atoms with Crippen LogP contribution in [0.5, 0.6) is 0 Å². The SMILES string of the molecule is O=C(O)c1ccc(Nc2ncnc(NC3CCCCC3)c2[N+](=O)[O-])cc1. The Balaban J connectivity index is 1.85. The van der Waals surface area contributed by atoms with Crippen LogP contribution in [0.3, 0.4) is 0 Å². The zero-order chi connectivity index (χ0) is 18.5. The fourth-order valence-electron chi connectivity index (χ4n) is 3.02. The molecule has 0 atom stereocenters. The molecule has 1 aromatic carbocycles. The predicted octanol–water partition coefficient (Wildman–Crippen LogP) is 3.57. The molecule has 1 saturated carbocycles. The summed E-state index contributed by atoms with van der Waals surface area (Å²) in [5.74, 6) is -0.781. The molecule has 0 spiro atoms. The molecule has 136 valence electrons. The van der Waals surface area contributed by atoms with Crippen molar-refractivity contribution in [2.75, 3.05) is 10.6 Å². The second kappa shape index (κ2) is 7.77. The number of aromatic nitrogens is 2. The summed E-state index contributed by atoms with van der Waals surface area (Å²) in [6, 6.07) is 6.06. The summed E-state index contributed by atoms with van der Waals surface area (Å²) in [5.41, 5.74) is 0.410. The number of aromatic carboxylic acids is 1. The van der Waals surface area contributed by atoms with Crippen LogP contribution in [0, 0.1) is 10.1 Å². The fraction of sp³-hybridized carbons (Fsp3) is 0.353. The van der Waals surface area contributed by atoms with Crippen molar-refractivity contribution in [1.29, 1.82) is 0 Å². The Bertz CT molecular complexity index is 803. The fourth-order valence-corrected chi connectivity index (χ4v) is 3.02. The van der Waals surface area contributed by atoms with Gasteiger partial charge in [-0.15, -0.1) is 0 Å². The van der Waals surface area contributed by atoms with Gasteiger partial charge in [0.2, 0.25) is 11.6 Å². The molecule has 9 heteroatoms. The first-order valence-electron chi connectivity index (χ1n) is 8.41. The van der Waals surface area contributed by atoms with Crippen molar-refractivity contribution in [3.05, 3.63) is 46.3 Å². The summed E-state index contributed by atoms with van der Waals surface area (Å²) in [6.45, 7) is 0. The lowest BCUT2D eigenvalue weighted by Gasteiger charge is -2.23. The maximum absolute atomic E-state index is 11.6. The third-order valence-corrected chi connectivity index (χ3v) is 4.35. The Morgan fingerprint density at radius 1 is 1.12 bits per heavy atom. The third kappa shape index (κ3) is 4.05. The Labute approximate surface area is 149 Å². The first-order valence-corrected chi connectivity index (χ1v) is 8.41. The summed E-state index contributed by atoms with van der Waals surface area (Å²) >= 11 is 0. The molecule has 0 radical (unpaired) electrons. The topological polar surface area (TPSA) is 130 Å². The minimum atomic E-state index is -1.04. The van der Waals surface area contributed by atoms with Gasteiger partial charge in [-0.25, -0.2) is 14.8 Å². The van der Waals surface area contributed by atoms with Crippen LogP contribution in [0.4, 0.5) is 23.0 Å². The lowest BCUT2D eigenvalue weighted by Crippen LogP contribution is -2.23. The van der Waals surface area contributed by atoms with Crippen LogP contribution < -0.4 is 10.6 Å². The van der Waals surface area contributed by atoms with Gasteiger partial charge in [-0.2, -0.15) is 0 Å². The summed E-state index contributed by atoms with van der Waals surface area (Å²) in [6.07, 6.45) is 6.56. The molecule has 26 heavy (non-hydrogen) atoms. The number of hydrogen-bond donors (Lipinski definition) is 3. The van der Waals surface area contributed by atoms with E-state index in [9.17, 15) is 14.9 Å². The highest BCUT2D eigenvalue weighted by Crippen LogP contribution is 2.33. The van der Waals surface area contributed by atoms with E-state index in [-0.39, 0.29) is 28.9 Å². The number of rotatable bonds is 6. The van der Waals surface area contributed by atoms with Crippen molar-refractivity contribution in [3.63, 3.8) is 0 Å². The average molecular weight is 357 g/mol. The van der Waals surface area contributed by atoms with Gasteiger partial charge in [-0.3, -0.25) is 10.1 Å². The van der Waals surface area contributed by atoms with Crippen LogP contribution in [-0.4, -0.2) is 32.0 Å². The zero-order valence-electron chi connectivity index (χ0n) is 14.0. The number of hydrogen-bond acceptors (Lipinski definition) is 7. The van der Waals surface area contributed by atoms with E-state index in [2.05, 4.69) is 20.6 Å². The van der Waals surface area contributed by atoms with Gasteiger partial charge in [0.15, 0.2) is 0 Å². The van der Waals surface area contributed by atoms with Crippen LogP contribution in [0.1, 0.15) is 42.5 Å². The zero-order valence-corrected chi connectivity index (χ0v) is 14.0. The standard InChI is InChI=1S/C17H19N5O4/c23-17(24)11-6-8-13(9-7-11)21-16-14(22(25)26)15(18-10-19-16)20-12-4-2-1-3-5-12/h6-10,12H,1-5H2,(H,23,24)(H2,18,19,20,21). The minimum Gasteiger partial charge on any atom is -0.478 e. The molecule has 1 fully saturated rings. The van der Waals surface area contributed by atoms with Gasteiger partial charge in [-0.1, -0.05) is 19.3 Å². The highest BCUT2D eigenvalue weighted by molar-refractivity contribution is 5.88.